The van der Waals surface area contributed by atoms with Crippen LogP contribution in [0.5, 0.6) is 5.75 Å². The quantitative estimate of drug-likeness (QED) is 0.278. The van der Waals surface area contributed by atoms with Crippen molar-refractivity contribution in [3.63, 3.8) is 0 Å². The van der Waals surface area contributed by atoms with Crippen LogP contribution in [0.4, 0.5) is 14.6 Å². The summed E-state index contributed by atoms with van der Waals surface area (Å²) in [5.74, 6) is -2.06. The number of nitrogens with zero attached hydrogens (tertiary/aromatic N) is 8. The van der Waals surface area contributed by atoms with E-state index in [-0.39, 0.29) is 23.1 Å². The van der Waals surface area contributed by atoms with E-state index < -0.39 is 11.6 Å². The normalized spacial score (nSPS) is 14.1. The maximum atomic E-state index is 15.2. The topological polar surface area (TPSA) is 113 Å². The molecule has 0 unspecified atom stereocenters. The van der Waals surface area contributed by atoms with Crippen molar-refractivity contribution >= 4 is 5.82 Å². The summed E-state index contributed by atoms with van der Waals surface area (Å²) in [5.41, 5.74) is 7.95. The number of pyridine rings is 1. The van der Waals surface area contributed by atoms with Crippen molar-refractivity contribution in [3.05, 3.63) is 48.4 Å². The molecule has 0 radical (unpaired) electrons. The highest BCUT2D eigenvalue weighted by molar-refractivity contribution is 5.76. The van der Waals surface area contributed by atoms with Crippen LogP contribution in [-0.4, -0.2) is 66.1 Å². The number of aryl methyl sites for hydroxylation is 1. The smallest absolute Gasteiger partial charge is 0.202 e. The lowest BCUT2D eigenvalue weighted by atomic mass is 10.1. The van der Waals surface area contributed by atoms with Crippen LogP contribution < -0.4 is 10.5 Å². The van der Waals surface area contributed by atoms with Crippen LogP contribution in [0.25, 0.3) is 28.2 Å². The number of benzene rings is 1. The molecule has 39 heavy (non-hydrogen) atoms. The van der Waals surface area contributed by atoms with Crippen LogP contribution >= 0.6 is 0 Å². The van der Waals surface area contributed by atoms with Crippen LogP contribution in [0.3, 0.4) is 0 Å². The van der Waals surface area contributed by atoms with Crippen LogP contribution in [0, 0.1) is 11.6 Å². The number of ether oxygens (including phenoxy) is 1. The van der Waals surface area contributed by atoms with Crippen molar-refractivity contribution in [1.29, 1.82) is 0 Å². The molecule has 0 aliphatic carbocycles. The molecular formula is C27H33F2N9O. The lowest BCUT2D eigenvalue weighted by Crippen LogP contribution is -2.30. The zero-order valence-corrected chi connectivity index (χ0v) is 22.1. The molecule has 0 saturated carbocycles. The minimum Gasteiger partial charge on any atom is -0.490 e. The van der Waals surface area contributed by atoms with Gasteiger partial charge in [0, 0.05) is 30.1 Å². The predicted octanol–water partition coefficient (Wildman–Crippen LogP) is 4.50. The van der Waals surface area contributed by atoms with Crippen molar-refractivity contribution in [2.24, 2.45) is 0 Å². The Bertz CT molecular complexity index is 1400. The summed E-state index contributed by atoms with van der Waals surface area (Å²) in [4.78, 5) is 6.72. The summed E-state index contributed by atoms with van der Waals surface area (Å²) >= 11 is 0. The lowest BCUT2D eigenvalue weighted by Gasteiger charge is -2.26. The van der Waals surface area contributed by atoms with E-state index in [1.165, 1.54) is 31.4 Å². The highest BCUT2D eigenvalue weighted by atomic mass is 19.2. The number of piperidine rings is 1. The first kappa shape index (κ1) is 26.7. The van der Waals surface area contributed by atoms with Gasteiger partial charge in [0.1, 0.15) is 11.5 Å². The molecule has 1 fully saturated rings. The maximum Gasteiger partial charge on any atom is 0.202 e. The van der Waals surface area contributed by atoms with Gasteiger partial charge in [0.2, 0.25) is 5.82 Å². The van der Waals surface area contributed by atoms with Gasteiger partial charge in [-0.05, 0) is 80.4 Å². The molecular weight excluding hydrogens is 504 g/mol. The number of anilines is 1. The van der Waals surface area contributed by atoms with E-state index in [0.29, 0.717) is 12.2 Å². The molecule has 0 bridgehead atoms. The maximum absolute atomic E-state index is 15.2. The summed E-state index contributed by atoms with van der Waals surface area (Å²) in [6, 6.07) is 4.54. The summed E-state index contributed by atoms with van der Waals surface area (Å²) < 4.78 is 38.7. The summed E-state index contributed by atoms with van der Waals surface area (Å²) in [5, 5.41) is 16.0. The molecule has 0 amide bonds. The number of halogens is 2. The lowest BCUT2D eigenvalue weighted by molar-refractivity contribution is 0.214. The first-order valence-electron chi connectivity index (χ1n) is 13.5. The largest absolute Gasteiger partial charge is 0.490 e. The predicted molar refractivity (Wildman–Crippen MR) is 143 cm³/mol. The Morgan fingerprint density at radius 3 is 2.67 bits per heavy atom. The number of nitrogens with two attached hydrogens (primary N) is 1. The van der Waals surface area contributed by atoms with Gasteiger partial charge >= 0.3 is 0 Å². The molecule has 0 atom stereocenters. The zero-order chi connectivity index (χ0) is 27.2. The van der Waals surface area contributed by atoms with E-state index >= 15 is 4.39 Å². The molecule has 5 rings (SSSR count). The number of unbranched alkanes of at least 4 members (excludes halogenated alkanes) is 1. The van der Waals surface area contributed by atoms with Gasteiger partial charge in [-0.25, -0.2) is 9.37 Å². The third-order valence-corrected chi connectivity index (χ3v) is 6.88. The van der Waals surface area contributed by atoms with Crippen molar-refractivity contribution in [1.82, 2.24) is 39.9 Å². The average Bonchev–Trinajstić information content (AvgIpc) is 3.62. The Kier molecular flexibility index (Phi) is 8.40. The second-order valence-corrected chi connectivity index (χ2v) is 9.73. The van der Waals surface area contributed by atoms with Gasteiger partial charge in [-0.1, -0.05) is 13.3 Å². The van der Waals surface area contributed by atoms with Crippen LogP contribution in [-0.2, 0) is 6.54 Å². The Balaban J connectivity index is 1.31. The zero-order valence-electron chi connectivity index (χ0n) is 22.1. The Morgan fingerprint density at radius 1 is 1.00 bits per heavy atom. The van der Waals surface area contributed by atoms with Gasteiger partial charge in [-0.2, -0.15) is 14.2 Å². The van der Waals surface area contributed by atoms with Crippen molar-refractivity contribution in [2.45, 2.75) is 52.0 Å². The van der Waals surface area contributed by atoms with Crippen LogP contribution in [0.1, 0.15) is 45.4 Å². The number of hydrogen-bond acceptors (Lipinski definition) is 8. The van der Waals surface area contributed by atoms with E-state index in [0.717, 1.165) is 61.3 Å². The molecule has 10 nitrogen and oxygen atoms in total. The SMILES string of the molecule is CCCn1cc(-c2cnc(N)c(-c3nnnn3-c3ccc(OCCCCN4CCCCC4)c(F)c3F)c2)cn1. The Labute approximate surface area is 225 Å². The van der Waals surface area contributed by atoms with Crippen LogP contribution in [0.15, 0.2) is 36.8 Å². The summed E-state index contributed by atoms with van der Waals surface area (Å²) in [6.07, 6.45) is 11.7. The van der Waals surface area contributed by atoms with E-state index in [9.17, 15) is 4.39 Å². The molecule has 1 aliphatic heterocycles. The number of aromatic nitrogens is 7. The highest BCUT2D eigenvalue weighted by Crippen LogP contribution is 2.31. The van der Waals surface area contributed by atoms with Crippen molar-refractivity contribution in [2.75, 3.05) is 32.0 Å². The monoisotopic (exact) mass is 537 g/mol. The molecule has 1 saturated heterocycles. The van der Waals surface area contributed by atoms with Gasteiger partial charge in [0.15, 0.2) is 17.4 Å². The third kappa shape index (κ3) is 6.06. The molecule has 3 aromatic heterocycles. The Hall–Kier alpha value is -3.93. The highest BCUT2D eigenvalue weighted by Gasteiger charge is 2.22. The van der Waals surface area contributed by atoms with E-state index in [2.05, 4.69) is 37.4 Å². The van der Waals surface area contributed by atoms with Gasteiger partial charge in [0.05, 0.1) is 18.4 Å². The Morgan fingerprint density at radius 2 is 1.85 bits per heavy atom. The minimum atomic E-state index is -1.11. The number of rotatable bonds is 11. The molecule has 1 aromatic carbocycles. The number of likely N-dealkylation sites (tertiary alicyclic amines) is 1. The second-order valence-electron chi connectivity index (χ2n) is 9.73. The number of nitrogen functional groups attached to an aromatic ring is 1. The van der Waals surface area contributed by atoms with Crippen LogP contribution in [0.2, 0.25) is 0 Å². The van der Waals surface area contributed by atoms with E-state index in [1.54, 1.807) is 18.5 Å². The van der Waals surface area contributed by atoms with Gasteiger partial charge in [0.25, 0.3) is 0 Å². The molecule has 1 aliphatic rings. The molecule has 4 heterocycles. The minimum absolute atomic E-state index is 0.132. The van der Waals surface area contributed by atoms with E-state index in [1.807, 2.05) is 10.9 Å². The number of tetrazole rings is 1. The molecule has 2 N–H and O–H groups in total. The second kappa shape index (κ2) is 12.3. The molecule has 206 valence electrons. The molecule has 12 heteroatoms. The van der Waals surface area contributed by atoms with Gasteiger partial charge in [-0.3, -0.25) is 4.68 Å². The summed E-state index contributed by atoms with van der Waals surface area (Å²) in [7, 11) is 0. The van der Waals surface area contributed by atoms with Crippen molar-refractivity contribution < 1.29 is 13.5 Å². The van der Waals surface area contributed by atoms with Crippen molar-refractivity contribution in [3.8, 4) is 34.0 Å². The average molecular weight is 538 g/mol. The summed E-state index contributed by atoms with van der Waals surface area (Å²) in [6.45, 7) is 6.44. The molecule has 0 spiro atoms. The number of hydrogen-bond donors (Lipinski definition) is 1. The fourth-order valence-corrected chi connectivity index (χ4v) is 4.79. The third-order valence-electron chi connectivity index (χ3n) is 6.88. The fourth-order valence-electron chi connectivity index (χ4n) is 4.79. The first-order valence-corrected chi connectivity index (χ1v) is 13.5. The van der Waals surface area contributed by atoms with E-state index in [4.69, 9.17) is 10.5 Å². The fraction of sp³-hybridized carbons (Fsp3) is 0.444. The van der Waals surface area contributed by atoms with Gasteiger partial charge in [-0.15, -0.1) is 5.10 Å². The molecule has 4 aromatic rings. The standard InChI is InChI=1S/C27H33F2N9O/c1-2-10-37-18-20(17-32-37)19-15-21(26(30)31-16-19)27-33-34-35-38(27)22-8-9-23(25(29)24(22)28)39-14-7-6-13-36-11-4-3-5-12-36/h8-9,15-18H,2-7,10-14H2,1H3,(H2,30,31). The van der Waals surface area contributed by atoms with Gasteiger partial charge < -0.3 is 15.4 Å². The first-order chi connectivity index (χ1) is 19.0.